The fraction of sp³-hybridized carbons (Fsp3) is 0.684. The van der Waals surface area contributed by atoms with E-state index in [9.17, 15) is 20.4 Å². The Morgan fingerprint density at radius 2 is 1.93 bits per heavy atom. The Balaban J connectivity index is 1.27. The Morgan fingerprint density at radius 3 is 2.69 bits per heavy atom. The predicted octanol–water partition coefficient (Wildman–Crippen LogP) is -0.426. The number of aromatic nitrogens is 4. The second kappa shape index (κ2) is 10.8. The minimum atomic E-state index is -1.31. The lowest BCUT2D eigenvalue weighted by atomic mass is 9.92. The van der Waals surface area contributed by atoms with E-state index < -0.39 is 37.1 Å². The summed E-state index contributed by atoms with van der Waals surface area (Å²) in [5, 5.41) is 47.0. The van der Waals surface area contributed by atoms with Crippen molar-refractivity contribution in [1.82, 2.24) is 20.0 Å². The summed E-state index contributed by atoms with van der Waals surface area (Å²) < 4.78 is 12.9. The van der Waals surface area contributed by atoms with Crippen molar-refractivity contribution >= 4 is 0 Å². The molecule has 3 heterocycles. The SMILES string of the molecule is OCC1OC(CCCCCOCc2cn(Cc3ccc[nH]3)nn2)C(O)C(O)C1O. The number of nitrogens with one attached hydrogen (secondary N) is 1. The molecule has 29 heavy (non-hydrogen) atoms. The molecule has 0 aromatic carbocycles. The summed E-state index contributed by atoms with van der Waals surface area (Å²) in [4.78, 5) is 3.12. The van der Waals surface area contributed by atoms with Gasteiger partial charge in [-0.15, -0.1) is 5.10 Å². The highest BCUT2D eigenvalue weighted by molar-refractivity contribution is 5.04. The van der Waals surface area contributed by atoms with Gasteiger partial charge in [-0.25, -0.2) is 4.68 Å². The summed E-state index contributed by atoms with van der Waals surface area (Å²) in [5.74, 6) is 0. The summed E-state index contributed by atoms with van der Waals surface area (Å²) >= 11 is 0. The molecule has 5 unspecified atom stereocenters. The van der Waals surface area contributed by atoms with Crippen molar-refractivity contribution in [2.24, 2.45) is 0 Å². The summed E-state index contributed by atoms with van der Waals surface area (Å²) in [6, 6.07) is 3.93. The van der Waals surface area contributed by atoms with E-state index in [1.165, 1.54) is 0 Å². The standard InChI is InChI=1S/C19H30N4O6/c24-11-16-18(26)19(27)17(25)15(29-16)6-2-1-3-8-28-12-14-10-23(22-21-14)9-13-5-4-7-20-13/h4-5,7,10,15-20,24-27H,1-3,6,8-9,11-12H2. The normalized spacial score (nSPS) is 27.4. The zero-order chi connectivity index (χ0) is 20.6. The smallest absolute Gasteiger partial charge is 0.111 e. The number of hydrogen-bond donors (Lipinski definition) is 5. The molecule has 3 rings (SSSR count). The summed E-state index contributed by atoms with van der Waals surface area (Å²) in [6.07, 6.45) is 1.55. The maximum Gasteiger partial charge on any atom is 0.111 e. The summed E-state index contributed by atoms with van der Waals surface area (Å²) in [7, 11) is 0. The Kier molecular flexibility index (Phi) is 8.16. The lowest BCUT2D eigenvalue weighted by molar-refractivity contribution is -0.230. The third-order valence-corrected chi connectivity index (χ3v) is 5.10. The van der Waals surface area contributed by atoms with Crippen LogP contribution < -0.4 is 0 Å². The van der Waals surface area contributed by atoms with Gasteiger partial charge in [0.25, 0.3) is 0 Å². The van der Waals surface area contributed by atoms with Gasteiger partial charge in [-0.05, 0) is 25.0 Å². The minimum Gasteiger partial charge on any atom is -0.394 e. The maximum atomic E-state index is 10.0. The molecule has 0 spiro atoms. The van der Waals surface area contributed by atoms with Gasteiger partial charge in [0, 0.05) is 18.5 Å². The monoisotopic (exact) mass is 410 g/mol. The number of aliphatic hydroxyl groups excluding tert-OH is 4. The van der Waals surface area contributed by atoms with Gasteiger partial charge in [-0.2, -0.15) is 0 Å². The molecule has 1 fully saturated rings. The summed E-state index contributed by atoms with van der Waals surface area (Å²) in [6.45, 7) is 1.22. The average Bonchev–Trinajstić information content (AvgIpc) is 3.39. The molecular weight excluding hydrogens is 380 g/mol. The highest BCUT2D eigenvalue weighted by atomic mass is 16.5. The number of aliphatic hydroxyl groups is 4. The van der Waals surface area contributed by atoms with Crippen LogP contribution in [0.25, 0.3) is 0 Å². The van der Waals surface area contributed by atoms with Crippen molar-refractivity contribution in [3.05, 3.63) is 35.9 Å². The van der Waals surface area contributed by atoms with Crippen LogP contribution in [-0.4, -0.2) is 84.1 Å². The van der Waals surface area contributed by atoms with Crippen LogP contribution in [-0.2, 0) is 22.6 Å². The fourth-order valence-electron chi connectivity index (χ4n) is 3.44. The fourth-order valence-corrected chi connectivity index (χ4v) is 3.44. The van der Waals surface area contributed by atoms with Gasteiger partial charge >= 0.3 is 0 Å². The van der Waals surface area contributed by atoms with E-state index in [4.69, 9.17) is 9.47 Å². The van der Waals surface area contributed by atoms with Crippen LogP contribution >= 0.6 is 0 Å². The molecule has 162 valence electrons. The van der Waals surface area contributed by atoms with Crippen LogP contribution in [0.4, 0.5) is 0 Å². The van der Waals surface area contributed by atoms with Gasteiger partial charge in [0.2, 0.25) is 0 Å². The molecule has 0 bridgehead atoms. The Morgan fingerprint density at radius 1 is 1.10 bits per heavy atom. The molecule has 0 aliphatic carbocycles. The molecule has 0 amide bonds. The lowest BCUT2D eigenvalue weighted by Gasteiger charge is -2.40. The van der Waals surface area contributed by atoms with Gasteiger partial charge in [0.15, 0.2) is 0 Å². The van der Waals surface area contributed by atoms with E-state index in [-0.39, 0.29) is 0 Å². The van der Waals surface area contributed by atoms with Crippen LogP contribution in [0.15, 0.2) is 24.5 Å². The first-order chi connectivity index (χ1) is 14.1. The number of unbranched alkanes of at least 4 members (excludes halogenated alkanes) is 2. The molecule has 1 aliphatic rings. The second-order valence-electron chi connectivity index (χ2n) is 7.37. The number of nitrogens with zero attached hydrogens (tertiary/aromatic N) is 3. The second-order valence-corrected chi connectivity index (χ2v) is 7.37. The van der Waals surface area contributed by atoms with Crippen molar-refractivity contribution in [3.63, 3.8) is 0 Å². The number of hydrogen-bond acceptors (Lipinski definition) is 8. The van der Waals surface area contributed by atoms with Crippen molar-refractivity contribution in [2.75, 3.05) is 13.2 Å². The average molecular weight is 410 g/mol. The predicted molar refractivity (Wildman–Crippen MR) is 102 cm³/mol. The summed E-state index contributed by atoms with van der Waals surface area (Å²) in [5.41, 5.74) is 1.83. The number of ether oxygens (including phenoxy) is 2. The van der Waals surface area contributed by atoms with Gasteiger partial charge in [0.05, 0.1) is 32.1 Å². The molecule has 2 aromatic rings. The van der Waals surface area contributed by atoms with E-state index >= 15 is 0 Å². The van der Waals surface area contributed by atoms with Crippen molar-refractivity contribution in [2.45, 2.75) is 69.4 Å². The maximum absolute atomic E-state index is 10.0. The first-order valence-electron chi connectivity index (χ1n) is 9.98. The molecule has 1 saturated heterocycles. The molecule has 10 nitrogen and oxygen atoms in total. The topological polar surface area (TPSA) is 146 Å². The molecule has 0 radical (unpaired) electrons. The first-order valence-corrected chi connectivity index (χ1v) is 9.98. The van der Waals surface area contributed by atoms with Crippen LogP contribution in [0.2, 0.25) is 0 Å². The van der Waals surface area contributed by atoms with E-state index in [1.807, 2.05) is 24.5 Å². The molecule has 10 heteroatoms. The minimum absolute atomic E-state index is 0.398. The molecule has 5 atom stereocenters. The van der Waals surface area contributed by atoms with E-state index in [0.29, 0.717) is 26.2 Å². The first kappa shape index (κ1) is 21.9. The van der Waals surface area contributed by atoms with Gasteiger partial charge in [-0.1, -0.05) is 18.1 Å². The van der Waals surface area contributed by atoms with Crippen LogP contribution in [0.1, 0.15) is 37.1 Å². The molecule has 5 N–H and O–H groups in total. The highest BCUT2D eigenvalue weighted by Gasteiger charge is 2.42. The largest absolute Gasteiger partial charge is 0.394 e. The molecule has 0 saturated carbocycles. The Hall–Kier alpha value is -1.82. The van der Waals surface area contributed by atoms with E-state index in [2.05, 4.69) is 15.3 Å². The third kappa shape index (κ3) is 6.08. The zero-order valence-corrected chi connectivity index (χ0v) is 16.3. The zero-order valence-electron chi connectivity index (χ0n) is 16.3. The van der Waals surface area contributed by atoms with Gasteiger partial charge in [-0.3, -0.25) is 0 Å². The number of H-pyrrole nitrogens is 1. The van der Waals surface area contributed by atoms with Gasteiger partial charge < -0.3 is 34.9 Å². The Bertz CT molecular complexity index is 707. The third-order valence-electron chi connectivity index (χ3n) is 5.10. The van der Waals surface area contributed by atoms with Crippen molar-refractivity contribution < 1.29 is 29.9 Å². The van der Waals surface area contributed by atoms with Gasteiger partial charge in [0.1, 0.15) is 30.1 Å². The van der Waals surface area contributed by atoms with E-state index in [0.717, 1.165) is 30.7 Å². The van der Waals surface area contributed by atoms with Crippen molar-refractivity contribution in [3.8, 4) is 0 Å². The highest BCUT2D eigenvalue weighted by Crippen LogP contribution is 2.24. The molecule has 1 aliphatic heterocycles. The number of rotatable bonds is 11. The van der Waals surface area contributed by atoms with E-state index in [1.54, 1.807) is 4.68 Å². The number of aromatic amines is 1. The van der Waals surface area contributed by atoms with Crippen LogP contribution in [0, 0.1) is 0 Å². The molecule has 2 aromatic heterocycles. The quantitative estimate of drug-likeness (QED) is 0.314. The van der Waals surface area contributed by atoms with Crippen LogP contribution in [0.5, 0.6) is 0 Å². The van der Waals surface area contributed by atoms with Crippen LogP contribution in [0.3, 0.4) is 0 Å². The molecular formula is C19H30N4O6. The van der Waals surface area contributed by atoms with Crippen molar-refractivity contribution in [1.29, 1.82) is 0 Å². The Labute approximate surface area is 169 Å². The lowest BCUT2D eigenvalue weighted by Crippen LogP contribution is -2.58.